The molecule has 0 aliphatic carbocycles. The first-order valence-electron chi connectivity index (χ1n) is 17.0. The number of anilines is 2. The van der Waals surface area contributed by atoms with Gasteiger partial charge in [0.1, 0.15) is 18.4 Å². The quantitative estimate of drug-likeness (QED) is 0.192. The zero-order valence-electron chi connectivity index (χ0n) is 27.7. The van der Waals surface area contributed by atoms with Crippen LogP contribution in [0.2, 0.25) is 0 Å². The number of alkyl halides is 5. The normalized spacial score (nSPS) is 21.3. The summed E-state index contributed by atoms with van der Waals surface area (Å²) in [6, 6.07) is 9.44. The molecule has 1 atom stereocenters. The molecule has 50 heavy (non-hydrogen) atoms. The van der Waals surface area contributed by atoms with Crippen LogP contribution in [0.1, 0.15) is 47.9 Å². The first-order chi connectivity index (χ1) is 23.8. The molecule has 0 bridgehead atoms. The van der Waals surface area contributed by atoms with Crippen molar-refractivity contribution in [3.05, 3.63) is 71.3 Å². The number of nitrogen functional groups attached to an aromatic ring is 1. The number of hydrogen-bond donors (Lipinski definition) is 3. The van der Waals surface area contributed by atoms with Gasteiger partial charge in [-0.2, -0.15) is 22.0 Å². The van der Waals surface area contributed by atoms with Crippen molar-refractivity contribution in [1.82, 2.24) is 20.0 Å². The molecule has 4 aliphatic rings. The summed E-state index contributed by atoms with van der Waals surface area (Å²) >= 11 is 0. The third kappa shape index (κ3) is 7.60. The molecule has 2 aromatic rings. The minimum atomic E-state index is -5.02. The van der Waals surface area contributed by atoms with E-state index in [0.717, 1.165) is 37.6 Å². The summed E-state index contributed by atoms with van der Waals surface area (Å²) in [5, 5.41) is 6.08. The Bertz CT molecular complexity index is 1570. The van der Waals surface area contributed by atoms with Crippen LogP contribution in [-0.2, 0) is 38.4 Å². The second kappa shape index (κ2) is 14.4. The Balaban J connectivity index is 1.20. The Hall–Kier alpha value is -3.79. The lowest BCUT2D eigenvalue weighted by atomic mass is 9.82. The van der Waals surface area contributed by atoms with Gasteiger partial charge in [-0.05, 0) is 55.8 Å². The van der Waals surface area contributed by atoms with Crippen LogP contribution in [0.5, 0.6) is 0 Å². The summed E-state index contributed by atoms with van der Waals surface area (Å²) in [6.07, 6.45) is -4.04. The average Bonchev–Trinajstić information content (AvgIpc) is 3.11. The van der Waals surface area contributed by atoms with E-state index in [1.165, 1.54) is 0 Å². The SMILES string of the molecule is C=CC(F)(F)c1cc(C[C@@H](OCN2CCC3(CC2)OC(=O)Nc2ccccc23)C(=O)N2CCN(C3CCNCC3)CC2)cc(C(F)(F)F)c1N. The number of hydrogen-bond acceptors (Lipinski definition) is 8. The van der Waals surface area contributed by atoms with Crippen LogP contribution >= 0.6 is 0 Å². The summed E-state index contributed by atoms with van der Waals surface area (Å²) in [4.78, 5) is 32.3. The van der Waals surface area contributed by atoms with E-state index in [4.69, 9.17) is 15.2 Å². The molecule has 0 aromatic heterocycles. The Morgan fingerprint density at radius 1 is 1.04 bits per heavy atom. The number of carbonyl (C=O) groups is 2. The zero-order chi connectivity index (χ0) is 35.7. The van der Waals surface area contributed by atoms with Gasteiger partial charge in [-0.15, -0.1) is 0 Å². The Kier molecular flexibility index (Phi) is 10.4. The standard InChI is InChI=1S/C35H43F5N6O4/c1-2-34(36,37)26-19-23(20-27(30(26)41)35(38,39)40)21-29(31(47)46-17-15-45(16-18-46)24-7-11-42-12-8-24)49-22-44-13-9-33(10-14-44)25-5-3-4-6-28(25)43-32(48)50-33/h2-6,19-20,24,29,42H,1,7-18,21-22,41H2,(H,43,48)/t29-/m1/s1. The van der Waals surface area contributed by atoms with Crippen LogP contribution in [0.25, 0.3) is 0 Å². The second-order valence-corrected chi connectivity index (χ2v) is 13.4. The molecule has 2 amide bonds. The summed E-state index contributed by atoms with van der Waals surface area (Å²) in [5.41, 5.74) is 2.66. The fraction of sp³-hybridized carbons (Fsp3) is 0.543. The topological polar surface area (TPSA) is 112 Å². The maximum absolute atomic E-state index is 14.8. The van der Waals surface area contributed by atoms with Crippen molar-refractivity contribution >= 4 is 23.4 Å². The first-order valence-corrected chi connectivity index (χ1v) is 17.0. The fourth-order valence-electron chi connectivity index (χ4n) is 7.53. The highest BCUT2D eigenvalue weighted by molar-refractivity contribution is 5.88. The molecular formula is C35H43F5N6O4. The van der Waals surface area contributed by atoms with Crippen LogP contribution in [-0.4, -0.2) is 97.9 Å². The van der Waals surface area contributed by atoms with Gasteiger partial charge in [0.2, 0.25) is 0 Å². The van der Waals surface area contributed by atoms with Gasteiger partial charge in [-0.25, -0.2) is 4.79 Å². The van der Waals surface area contributed by atoms with E-state index in [-0.39, 0.29) is 24.8 Å². The number of nitrogens with zero attached hydrogens (tertiary/aromatic N) is 3. The smallest absolute Gasteiger partial charge is 0.418 e. The van der Waals surface area contributed by atoms with Crippen LogP contribution < -0.4 is 16.4 Å². The molecular weight excluding hydrogens is 663 g/mol. The fourth-order valence-corrected chi connectivity index (χ4v) is 7.53. The minimum Gasteiger partial charge on any atom is -0.438 e. The van der Waals surface area contributed by atoms with E-state index in [1.807, 2.05) is 29.2 Å². The molecule has 4 N–H and O–H groups in total. The number of benzene rings is 2. The second-order valence-electron chi connectivity index (χ2n) is 13.4. The van der Waals surface area contributed by atoms with Gasteiger partial charge in [0.05, 0.1) is 16.9 Å². The molecule has 3 fully saturated rings. The zero-order valence-corrected chi connectivity index (χ0v) is 27.7. The molecule has 0 unspecified atom stereocenters. The van der Waals surface area contributed by atoms with Gasteiger partial charge in [0, 0.05) is 75.7 Å². The van der Waals surface area contributed by atoms with Crippen molar-refractivity contribution in [2.75, 3.05) is 70.1 Å². The van der Waals surface area contributed by atoms with E-state index in [1.54, 1.807) is 4.90 Å². The number of carbonyl (C=O) groups excluding carboxylic acids is 2. The third-order valence-electron chi connectivity index (χ3n) is 10.4. The van der Waals surface area contributed by atoms with Crippen LogP contribution in [0, 0.1) is 0 Å². The number of piperidine rings is 2. The lowest BCUT2D eigenvalue weighted by molar-refractivity contribution is -0.151. The molecule has 15 heteroatoms. The Morgan fingerprint density at radius 3 is 2.36 bits per heavy atom. The predicted octanol–water partition coefficient (Wildman–Crippen LogP) is 4.90. The van der Waals surface area contributed by atoms with E-state index >= 15 is 0 Å². The largest absolute Gasteiger partial charge is 0.438 e. The molecule has 0 saturated carbocycles. The predicted molar refractivity (Wildman–Crippen MR) is 176 cm³/mol. The van der Waals surface area contributed by atoms with E-state index in [0.29, 0.717) is 69.9 Å². The van der Waals surface area contributed by atoms with Gasteiger partial charge in [-0.1, -0.05) is 24.8 Å². The number of nitrogens with one attached hydrogen (secondary N) is 2. The van der Waals surface area contributed by atoms with Crippen LogP contribution in [0.3, 0.4) is 0 Å². The minimum absolute atomic E-state index is 0.0495. The van der Waals surface area contributed by atoms with Crippen molar-refractivity contribution in [3.8, 4) is 0 Å². The summed E-state index contributed by atoms with van der Waals surface area (Å²) < 4.78 is 83.7. The molecule has 1 spiro atoms. The highest BCUT2D eigenvalue weighted by atomic mass is 19.4. The van der Waals surface area contributed by atoms with Gasteiger partial charge >= 0.3 is 12.3 Å². The Labute approximate surface area is 287 Å². The number of amides is 2. The number of halogens is 5. The van der Waals surface area contributed by atoms with Gasteiger partial charge in [0.25, 0.3) is 11.8 Å². The average molecular weight is 707 g/mol. The molecule has 0 radical (unpaired) electrons. The van der Waals surface area contributed by atoms with Crippen molar-refractivity contribution in [2.45, 2.75) is 61.9 Å². The van der Waals surface area contributed by atoms with Crippen molar-refractivity contribution in [2.24, 2.45) is 0 Å². The van der Waals surface area contributed by atoms with Crippen LogP contribution in [0.15, 0.2) is 49.1 Å². The Morgan fingerprint density at radius 2 is 1.70 bits per heavy atom. The van der Waals surface area contributed by atoms with Crippen molar-refractivity contribution < 1.29 is 41.0 Å². The van der Waals surface area contributed by atoms with Crippen LogP contribution in [0.4, 0.5) is 38.1 Å². The molecule has 6 rings (SSSR count). The number of piperazine rings is 1. The van der Waals surface area contributed by atoms with Gasteiger partial charge < -0.3 is 25.4 Å². The van der Waals surface area contributed by atoms with Crippen molar-refractivity contribution in [1.29, 1.82) is 0 Å². The lowest BCUT2D eigenvalue weighted by Crippen LogP contribution is -2.56. The monoisotopic (exact) mass is 706 g/mol. The highest BCUT2D eigenvalue weighted by Crippen LogP contribution is 2.44. The first kappa shape index (κ1) is 36.0. The van der Waals surface area contributed by atoms with E-state index in [9.17, 15) is 31.5 Å². The molecule has 272 valence electrons. The molecule has 2 aromatic carbocycles. The number of allylic oxidation sites excluding steroid dienone is 1. The van der Waals surface area contributed by atoms with E-state index < -0.39 is 52.6 Å². The number of likely N-dealkylation sites (tertiary alicyclic amines) is 1. The van der Waals surface area contributed by atoms with Gasteiger partial charge in [0.15, 0.2) is 0 Å². The number of nitrogens with two attached hydrogens (primary N) is 1. The number of para-hydroxylation sites is 1. The maximum Gasteiger partial charge on any atom is 0.418 e. The summed E-state index contributed by atoms with van der Waals surface area (Å²) in [6.45, 7) is 7.85. The number of fused-ring (bicyclic) bond motifs is 2. The lowest BCUT2D eigenvalue weighted by Gasteiger charge is -2.44. The maximum atomic E-state index is 14.8. The van der Waals surface area contributed by atoms with Crippen molar-refractivity contribution in [3.63, 3.8) is 0 Å². The summed E-state index contributed by atoms with van der Waals surface area (Å²) in [5.74, 6) is -4.27. The van der Waals surface area contributed by atoms with E-state index in [2.05, 4.69) is 22.1 Å². The van der Waals surface area contributed by atoms with Gasteiger partial charge in [-0.3, -0.25) is 19.9 Å². The highest BCUT2D eigenvalue weighted by Gasteiger charge is 2.45. The number of rotatable bonds is 9. The molecule has 4 heterocycles. The third-order valence-corrected chi connectivity index (χ3v) is 10.4. The molecule has 4 aliphatic heterocycles. The number of ether oxygens (including phenoxy) is 2. The molecule has 3 saturated heterocycles. The molecule has 10 nitrogen and oxygen atoms in total. The summed E-state index contributed by atoms with van der Waals surface area (Å²) in [7, 11) is 0.